The van der Waals surface area contributed by atoms with Crippen molar-refractivity contribution < 1.29 is 0 Å². The number of aryl methyl sites for hydroxylation is 1. The predicted octanol–water partition coefficient (Wildman–Crippen LogP) is 1.09. The third kappa shape index (κ3) is 4.35. The van der Waals surface area contributed by atoms with E-state index in [1.165, 1.54) is 5.56 Å². The first-order valence-corrected chi connectivity index (χ1v) is 5.16. The lowest BCUT2D eigenvalue weighted by atomic mass is 10.2. The van der Waals surface area contributed by atoms with E-state index in [1.54, 1.807) is 0 Å². The fraction of sp³-hybridized carbons (Fsp3) is 0.545. The van der Waals surface area contributed by atoms with Crippen LogP contribution in [0, 0.1) is 6.92 Å². The minimum absolute atomic E-state index is 0.925. The highest BCUT2D eigenvalue weighted by atomic mass is 14.9. The summed E-state index contributed by atoms with van der Waals surface area (Å²) in [6.07, 6.45) is 1.86. The number of aromatic nitrogens is 1. The van der Waals surface area contributed by atoms with E-state index in [-0.39, 0.29) is 0 Å². The van der Waals surface area contributed by atoms with E-state index in [9.17, 15) is 0 Å². The Labute approximate surface area is 85.9 Å². The molecule has 0 saturated heterocycles. The van der Waals surface area contributed by atoms with Crippen molar-refractivity contribution >= 4 is 0 Å². The number of hydrogen-bond donors (Lipinski definition) is 2. The minimum Gasteiger partial charge on any atom is -0.316 e. The highest BCUT2D eigenvalue weighted by molar-refractivity contribution is 5.14. The van der Waals surface area contributed by atoms with Gasteiger partial charge < -0.3 is 10.6 Å². The molecule has 1 aromatic rings. The quantitative estimate of drug-likeness (QED) is 0.664. The molecular weight excluding hydrogens is 174 g/mol. The van der Waals surface area contributed by atoms with Crippen molar-refractivity contribution in [3.63, 3.8) is 0 Å². The molecule has 3 heteroatoms. The molecule has 0 radical (unpaired) electrons. The second-order valence-corrected chi connectivity index (χ2v) is 3.34. The average molecular weight is 193 g/mol. The second kappa shape index (κ2) is 6.51. The fourth-order valence-corrected chi connectivity index (χ4v) is 1.30. The van der Waals surface area contributed by atoms with Gasteiger partial charge in [-0.25, -0.2) is 0 Å². The lowest BCUT2D eigenvalue weighted by Crippen LogP contribution is -2.26. The van der Waals surface area contributed by atoms with E-state index >= 15 is 0 Å². The molecule has 0 spiro atoms. The summed E-state index contributed by atoms with van der Waals surface area (Å²) in [5, 5.41) is 6.64. The Balaban J connectivity index is 2.18. The Bertz CT molecular complexity index is 260. The first kappa shape index (κ1) is 11.1. The van der Waals surface area contributed by atoms with Gasteiger partial charge in [-0.3, -0.25) is 4.98 Å². The zero-order chi connectivity index (χ0) is 10.2. The summed E-state index contributed by atoms with van der Waals surface area (Å²) in [6.45, 7) is 8.13. The van der Waals surface area contributed by atoms with Crippen LogP contribution < -0.4 is 10.6 Å². The van der Waals surface area contributed by atoms with Crippen LogP contribution in [-0.2, 0) is 6.54 Å². The number of nitrogens with zero attached hydrogens (tertiary/aromatic N) is 1. The molecule has 0 aromatic carbocycles. The molecule has 2 N–H and O–H groups in total. The van der Waals surface area contributed by atoms with Crippen LogP contribution in [0.15, 0.2) is 18.3 Å². The average Bonchev–Trinajstić information content (AvgIpc) is 2.18. The molecule has 0 saturated carbocycles. The molecule has 3 nitrogen and oxygen atoms in total. The number of rotatable bonds is 6. The summed E-state index contributed by atoms with van der Waals surface area (Å²) in [6, 6.07) is 4.16. The topological polar surface area (TPSA) is 37.0 Å². The van der Waals surface area contributed by atoms with E-state index in [0.717, 1.165) is 31.9 Å². The highest BCUT2D eigenvalue weighted by Crippen LogP contribution is 1.99. The van der Waals surface area contributed by atoms with Crippen LogP contribution >= 0.6 is 0 Å². The normalized spacial score (nSPS) is 10.4. The molecule has 1 aromatic heterocycles. The van der Waals surface area contributed by atoms with Crippen molar-refractivity contribution in [2.45, 2.75) is 20.4 Å². The van der Waals surface area contributed by atoms with E-state index in [2.05, 4.69) is 28.6 Å². The van der Waals surface area contributed by atoms with Gasteiger partial charge in [-0.05, 0) is 31.2 Å². The molecule has 1 rings (SSSR count). The lowest BCUT2D eigenvalue weighted by molar-refractivity contribution is 0.624. The SMILES string of the molecule is CCNCCNCc1ccnc(C)c1. The van der Waals surface area contributed by atoms with Gasteiger partial charge in [0.2, 0.25) is 0 Å². The first-order chi connectivity index (χ1) is 6.83. The van der Waals surface area contributed by atoms with Crippen LogP contribution in [0.5, 0.6) is 0 Å². The molecule has 0 amide bonds. The molecule has 0 bridgehead atoms. The summed E-state index contributed by atoms with van der Waals surface area (Å²) in [7, 11) is 0. The van der Waals surface area contributed by atoms with E-state index in [1.807, 2.05) is 19.2 Å². The number of likely N-dealkylation sites (N-methyl/N-ethyl adjacent to an activating group) is 1. The van der Waals surface area contributed by atoms with Crippen molar-refractivity contribution in [3.05, 3.63) is 29.6 Å². The van der Waals surface area contributed by atoms with Crippen LogP contribution in [-0.4, -0.2) is 24.6 Å². The summed E-state index contributed by atoms with van der Waals surface area (Å²) >= 11 is 0. The van der Waals surface area contributed by atoms with Crippen LogP contribution in [0.3, 0.4) is 0 Å². The smallest absolute Gasteiger partial charge is 0.0375 e. The monoisotopic (exact) mass is 193 g/mol. The third-order valence-corrected chi connectivity index (χ3v) is 2.02. The summed E-state index contributed by atoms with van der Waals surface area (Å²) < 4.78 is 0. The van der Waals surface area contributed by atoms with Crippen molar-refractivity contribution in [1.29, 1.82) is 0 Å². The molecule has 0 aliphatic heterocycles. The highest BCUT2D eigenvalue weighted by Gasteiger charge is 1.92. The number of pyridine rings is 1. The van der Waals surface area contributed by atoms with Gasteiger partial charge in [-0.1, -0.05) is 6.92 Å². The molecule has 0 atom stereocenters. The summed E-state index contributed by atoms with van der Waals surface area (Å²) in [4.78, 5) is 4.16. The second-order valence-electron chi connectivity index (χ2n) is 3.34. The molecule has 0 unspecified atom stereocenters. The maximum atomic E-state index is 4.16. The zero-order valence-electron chi connectivity index (χ0n) is 9.01. The molecule has 14 heavy (non-hydrogen) atoms. The molecule has 0 aliphatic carbocycles. The Kier molecular flexibility index (Phi) is 5.19. The largest absolute Gasteiger partial charge is 0.316 e. The zero-order valence-corrected chi connectivity index (χ0v) is 9.01. The van der Waals surface area contributed by atoms with Gasteiger partial charge in [0.15, 0.2) is 0 Å². The van der Waals surface area contributed by atoms with Crippen molar-refractivity contribution in [2.75, 3.05) is 19.6 Å². The van der Waals surface area contributed by atoms with Crippen LogP contribution in [0.25, 0.3) is 0 Å². The molecule has 78 valence electrons. The van der Waals surface area contributed by atoms with Crippen LogP contribution in [0.1, 0.15) is 18.2 Å². The van der Waals surface area contributed by atoms with Crippen molar-refractivity contribution in [2.24, 2.45) is 0 Å². The standard InChI is InChI=1S/C11H19N3/c1-3-12-6-7-13-9-11-4-5-14-10(2)8-11/h4-5,8,12-13H,3,6-7,9H2,1-2H3. The minimum atomic E-state index is 0.925. The maximum Gasteiger partial charge on any atom is 0.0375 e. The van der Waals surface area contributed by atoms with Crippen molar-refractivity contribution in [1.82, 2.24) is 15.6 Å². The predicted molar refractivity (Wildman–Crippen MR) is 59.2 cm³/mol. The van der Waals surface area contributed by atoms with E-state index in [4.69, 9.17) is 0 Å². The van der Waals surface area contributed by atoms with Gasteiger partial charge in [-0.15, -0.1) is 0 Å². The first-order valence-electron chi connectivity index (χ1n) is 5.16. The molecule has 1 heterocycles. The lowest BCUT2D eigenvalue weighted by Gasteiger charge is -2.05. The molecule has 0 aliphatic rings. The molecule has 0 fully saturated rings. The Hall–Kier alpha value is -0.930. The third-order valence-electron chi connectivity index (χ3n) is 2.02. The van der Waals surface area contributed by atoms with Gasteiger partial charge in [-0.2, -0.15) is 0 Å². The van der Waals surface area contributed by atoms with Gasteiger partial charge in [0.25, 0.3) is 0 Å². The summed E-state index contributed by atoms with van der Waals surface area (Å²) in [5.74, 6) is 0. The van der Waals surface area contributed by atoms with Gasteiger partial charge >= 0.3 is 0 Å². The van der Waals surface area contributed by atoms with Crippen molar-refractivity contribution in [3.8, 4) is 0 Å². The fourth-order valence-electron chi connectivity index (χ4n) is 1.30. The molecular formula is C11H19N3. The van der Waals surface area contributed by atoms with Gasteiger partial charge in [0.05, 0.1) is 0 Å². The number of nitrogens with one attached hydrogen (secondary N) is 2. The maximum absolute atomic E-state index is 4.16. The number of hydrogen-bond acceptors (Lipinski definition) is 3. The van der Waals surface area contributed by atoms with E-state index < -0.39 is 0 Å². The van der Waals surface area contributed by atoms with Gasteiger partial charge in [0.1, 0.15) is 0 Å². The van der Waals surface area contributed by atoms with E-state index in [0.29, 0.717) is 0 Å². The Morgan fingerprint density at radius 1 is 1.29 bits per heavy atom. The summed E-state index contributed by atoms with van der Waals surface area (Å²) in [5.41, 5.74) is 2.38. The Morgan fingerprint density at radius 3 is 2.79 bits per heavy atom. The van der Waals surface area contributed by atoms with Crippen LogP contribution in [0.2, 0.25) is 0 Å². The van der Waals surface area contributed by atoms with Crippen LogP contribution in [0.4, 0.5) is 0 Å². The Morgan fingerprint density at radius 2 is 2.07 bits per heavy atom. The van der Waals surface area contributed by atoms with Gasteiger partial charge in [0, 0.05) is 31.5 Å².